The van der Waals surface area contributed by atoms with E-state index in [9.17, 15) is 0 Å². The lowest BCUT2D eigenvalue weighted by atomic mass is 10.3. The third-order valence-corrected chi connectivity index (χ3v) is 1.70. The minimum atomic E-state index is 0.557. The van der Waals surface area contributed by atoms with Crippen LogP contribution in [0, 0.1) is 0 Å². The molecule has 2 rings (SSSR count). The van der Waals surface area contributed by atoms with Crippen LogP contribution in [0.1, 0.15) is 0 Å². The van der Waals surface area contributed by atoms with Gasteiger partial charge in [0.05, 0.1) is 0 Å². The Kier molecular flexibility index (Phi) is 2.33. The predicted octanol–water partition coefficient (Wildman–Crippen LogP) is 0.824. The molecule has 0 radical (unpaired) electrons. The van der Waals surface area contributed by atoms with Crippen molar-refractivity contribution in [1.82, 2.24) is 15.0 Å². The molecule has 0 aliphatic carbocycles. The SMILES string of the molecule is NNc1ccnc(-c2ccccn2)n1. The van der Waals surface area contributed by atoms with Crippen molar-refractivity contribution < 1.29 is 0 Å². The van der Waals surface area contributed by atoms with Crippen molar-refractivity contribution in [2.45, 2.75) is 0 Å². The molecule has 2 aromatic rings. The molecular formula is C9H9N5. The fourth-order valence-corrected chi connectivity index (χ4v) is 1.06. The zero-order valence-corrected chi connectivity index (χ0v) is 7.38. The van der Waals surface area contributed by atoms with Gasteiger partial charge >= 0.3 is 0 Å². The van der Waals surface area contributed by atoms with Gasteiger partial charge in [-0.25, -0.2) is 15.8 Å². The normalized spacial score (nSPS) is 9.79. The maximum absolute atomic E-state index is 5.24. The Morgan fingerprint density at radius 3 is 2.71 bits per heavy atom. The summed E-state index contributed by atoms with van der Waals surface area (Å²) >= 11 is 0. The zero-order chi connectivity index (χ0) is 9.80. The van der Waals surface area contributed by atoms with Gasteiger partial charge in [0.25, 0.3) is 0 Å². The number of hydrogen-bond donors (Lipinski definition) is 2. The van der Waals surface area contributed by atoms with Crippen LogP contribution in [0.25, 0.3) is 11.5 Å². The number of pyridine rings is 1. The van der Waals surface area contributed by atoms with E-state index in [1.807, 2.05) is 18.2 Å². The summed E-state index contributed by atoms with van der Waals surface area (Å²) in [5.41, 5.74) is 3.18. The van der Waals surface area contributed by atoms with Gasteiger partial charge in [0.1, 0.15) is 11.5 Å². The van der Waals surface area contributed by atoms with Crippen molar-refractivity contribution >= 4 is 5.82 Å². The Hall–Kier alpha value is -2.01. The molecule has 0 aromatic carbocycles. The summed E-state index contributed by atoms with van der Waals surface area (Å²) in [6.45, 7) is 0. The number of hydrazine groups is 1. The van der Waals surface area contributed by atoms with Crippen LogP contribution >= 0.6 is 0 Å². The lowest BCUT2D eigenvalue weighted by Crippen LogP contribution is -2.09. The first-order valence-corrected chi connectivity index (χ1v) is 4.11. The summed E-state index contributed by atoms with van der Waals surface area (Å²) in [5.74, 6) is 6.36. The first-order valence-electron chi connectivity index (χ1n) is 4.11. The van der Waals surface area contributed by atoms with E-state index in [0.717, 1.165) is 5.69 Å². The Morgan fingerprint density at radius 1 is 1.07 bits per heavy atom. The van der Waals surface area contributed by atoms with Gasteiger partial charge in [-0.1, -0.05) is 6.07 Å². The molecule has 2 aromatic heterocycles. The first-order chi connectivity index (χ1) is 6.90. The fraction of sp³-hybridized carbons (Fsp3) is 0. The Bertz CT molecular complexity index is 415. The molecule has 0 unspecified atom stereocenters. The van der Waals surface area contributed by atoms with E-state index in [1.165, 1.54) is 0 Å². The van der Waals surface area contributed by atoms with Crippen molar-refractivity contribution in [2.24, 2.45) is 5.84 Å². The van der Waals surface area contributed by atoms with Crippen LogP contribution in [0.2, 0.25) is 0 Å². The van der Waals surface area contributed by atoms with E-state index in [-0.39, 0.29) is 0 Å². The van der Waals surface area contributed by atoms with Crippen molar-refractivity contribution in [3.8, 4) is 11.5 Å². The summed E-state index contributed by atoms with van der Waals surface area (Å²) < 4.78 is 0. The molecule has 0 saturated carbocycles. The van der Waals surface area contributed by atoms with Crippen LogP contribution in [0.15, 0.2) is 36.7 Å². The molecule has 5 heteroatoms. The molecule has 5 nitrogen and oxygen atoms in total. The molecule has 2 heterocycles. The van der Waals surface area contributed by atoms with Crippen LogP contribution in [0.3, 0.4) is 0 Å². The van der Waals surface area contributed by atoms with E-state index in [4.69, 9.17) is 5.84 Å². The number of anilines is 1. The average molecular weight is 187 g/mol. The number of hydrogen-bond acceptors (Lipinski definition) is 5. The van der Waals surface area contributed by atoms with Gasteiger partial charge in [-0.15, -0.1) is 0 Å². The molecule has 14 heavy (non-hydrogen) atoms. The van der Waals surface area contributed by atoms with Crippen LogP contribution in [-0.2, 0) is 0 Å². The van der Waals surface area contributed by atoms with E-state index >= 15 is 0 Å². The van der Waals surface area contributed by atoms with Crippen LogP contribution < -0.4 is 11.3 Å². The van der Waals surface area contributed by atoms with Crippen molar-refractivity contribution in [2.75, 3.05) is 5.43 Å². The molecule has 70 valence electrons. The monoisotopic (exact) mass is 187 g/mol. The third-order valence-electron chi connectivity index (χ3n) is 1.70. The number of nitrogens with one attached hydrogen (secondary N) is 1. The van der Waals surface area contributed by atoms with Gasteiger partial charge < -0.3 is 5.43 Å². The molecule has 0 aliphatic rings. The average Bonchev–Trinajstić information content (AvgIpc) is 2.30. The summed E-state index contributed by atoms with van der Waals surface area (Å²) in [6.07, 6.45) is 3.33. The maximum atomic E-state index is 5.24. The highest BCUT2D eigenvalue weighted by molar-refractivity contribution is 5.51. The standard InChI is InChI=1S/C9H9N5/c10-14-8-4-6-12-9(13-8)7-3-1-2-5-11-7/h1-6H,10H2,(H,12,13,14). The second kappa shape index (κ2) is 3.80. The zero-order valence-electron chi connectivity index (χ0n) is 7.38. The van der Waals surface area contributed by atoms with Crippen molar-refractivity contribution in [3.63, 3.8) is 0 Å². The molecule has 0 aliphatic heterocycles. The van der Waals surface area contributed by atoms with Gasteiger partial charge in [-0.2, -0.15) is 0 Å². The van der Waals surface area contributed by atoms with Gasteiger partial charge in [0.15, 0.2) is 5.82 Å². The lowest BCUT2D eigenvalue weighted by Gasteiger charge is -2.01. The number of nitrogens with two attached hydrogens (primary N) is 1. The predicted molar refractivity (Wildman–Crippen MR) is 53.1 cm³/mol. The molecule has 0 fully saturated rings. The van der Waals surface area contributed by atoms with Gasteiger partial charge in [0, 0.05) is 18.5 Å². The lowest BCUT2D eigenvalue weighted by molar-refractivity contribution is 1.12. The third kappa shape index (κ3) is 1.67. The molecule has 0 saturated heterocycles. The smallest absolute Gasteiger partial charge is 0.180 e. The summed E-state index contributed by atoms with van der Waals surface area (Å²) in [4.78, 5) is 12.4. The highest BCUT2D eigenvalue weighted by Gasteiger charge is 2.01. The van der Waals surface area contributed by atoms with Gasteiger partial charge in [0.2, 0.25) is 0 Å². The van der Waals surface area contributed by atoms with E-state index in [1.54, 1.807) is 18.5 Å². The first kappa shape index (κ1) is 8.58. The van der Waals surface area contributed by atoms with Crippen LogP contribution in [0.4, 0.5) is 5.82 Å². The largest absolute Gasteiger partial charge is 0.308 e. The maximum Gasteiger partial charge on any atom is 0.180 e. The van der Waals surface area contributed by atoms with Crippen LogP contribution in [0.5, 0.6) is 0 Å². The van der Waals surface area contributed by atoms with Crippen LogP contribution in [-0.4, -0.2) is 15.0 Å². The van der Waals surface area contributed by atoms with E-state index in [2.05, 4.69) is 20.4 Å². The number of nitrogen functional groups attached to an aromatic ring is 1. The molecule has 0 amide bonds. The number of aromatic nitrogens is 3. The molecule has 0 bridgehead atoms. The Labute approximate surface area is 81.0 Å². The molecule has 0 spiro atoms. The second-order valence-corrected chi connectivity index (χ2v) is 2.62. The summed E-state index contributed by atoms with van der Waals surface area (Å²) in [7, 11) is 0. The van der Waals surface area contributed by atoms with Gasteiger partial charge in [-0.05, 0) is 12.1 Å². The Morgan fingerprint density at radius 2 is 2.00 bits per heavy atom. The van der Waals surface area contributed by atoms with Gasteiger partial charge in [-0.3, -0.25) is 4.98 Å². The topological polar surface area (TPSA) is 76.7 Å². The highest BCUT2D eigenvalue weighted by atomic mass is 15.3. The van der Waals surface area contributed by atoms with E-state index in [0.29, 0.717) is 11.6 Å². The molecule has 0 atom stereocenters. The summed E-state index contributed by atoms with van der Waals surface area (Å²) in [5, 5.41) is 0. The quantitative estimate of drug-likeness (QED) is 0.537. The highest BCUT2D eigenvalue weighted by Crippen LogP contribution is 2.11. The molecular weight excluding hydrogens is 178 g/mol. The second-order valence-electron chi connectivity index (χ2n) is 2.62. The van der Waals surface area contributed by atoms with E-state index < -0.39 is 0 Å². The molecule has 3 N–H and O–H groups in total. The number of nitrogens with zero attached hydrogens (tertiary/aromatic N) is 3. The fourth-order valence-electron chi connectivity index (χ4n) is 1.06. The summed E-state index contributed by atoms with van der Waals surface area (Å²) in [6, 6.07) is 7.25. The number of rotatable bonds is 2. The minimum Gasteiger partial charge on any atom is -0.308 e. The van der Waals surface area contributed by atoms with Crippen molar-refractivity contribution in [3.05, 3.63) is 36.7 Å². The Balaban J connectivity index is 2.42. The minimum absolute atomic E-state index is 0.557. The van der Waals surface area contributed by atoms with Crippen molar-refractivity contribution in [1.29, 1.82) is 0 Å².